The van der Waals surface area contributed by atoms with E-state index in [1.54, 1.807) is 0 Å². The molecule has 0 radical (unpaired) electrons. The lowest BCUT2D eigenvalue weighted by Gasteiger charge is -2.24. The lowest BCUT2D eigenvalue weighted by Crippen LogP contribution is -2.40. The third-order valence-electron chi connectivity index (χ3n) is 4.11. The molecule has 2 atom stereocenters. The van der Waals surface area contributed by atoms with E-state index in [9.17, 15) is 0 Å². The van der Waals surface area contributed by atoms with Crippen LogP contribution < -0.4 is 5.32 Å². The van der Waals surface area contributed by atoms with Crippen LogP contribution in [0, 0.1) is 5.92 Å². The van der Waals surface area contributed by atoms with Gasteiger partial charge in [-0.15, -0.1) is 0 Å². The van der Waals surface area contributed by atoms with Crippen LogP contribution in [0.1, 0.15) is 19.8 Å². The highest BCUT2D eigenvalue weighted by Gasteiger charge is 2.26. The van der Waals surface area contributed by atoms with E-state index in [2.05, 4.69) is 46.3 Å². The van der Waals surface area contributed by atoms with Crippen molar-refractivity contribution < 1.29 is 4.74 Å². The second kappa shape index (κ2) is 6.37. The van der Waals surface area contributed by atoms with Crippen LogP contribution in [-0.4, -0.2) is 35.6 Å². The number of para-hydroxylation sites is 1. The summed E-state index contributed by atoms with van der Waals surface area (Å²) in [5.41, 5.74) is 1.22. The Morgan fingerprint density at radius 3 is 3.15 bits per heavy atom. The second-order valence-corrected chi connectivity index (χ2v) is 5.57. The van der Waals surface area contributed by atoms with Crippen molar-refractivity contribution in [3.8, 4) is 0 Å². The van der Waals surface area contributed by atoms with E-state index in [1.165, 1.54) is 10.9 Å². The van der Waals surface area contributed by atoms with Crippen LogP contribution in [-0.2, 0) is 11.3 Å². The Kier molecular flexibility index (Phi) is 4.33. The van der Waals surface area contributed by atoms with Gasteiger partial charge in [-0.3, -0.25) is 4.68 Å². The van der Waals surface area contributed by atoms with Gasteiger partial charge < -0.3 is 10.1 Å². The van der Waals surface area contributed by atoms with Gasteiger partial charge >= 0.3 is 0 Å². The van der Waals surface area contributed by atoms with Crippen molar-refractivity contribution in [3.63, 3.8) is 0 Å². The number of ether oxygens (including phenoxy) is 1. The van der Waals surface area contributed by atoms with Crippen molar-refractivity contribution in [2.75, 3.05) is 19.8 Å². The number of hydrogen-bond donors (Lipinski definition) is 1. The zero-order valence-electron chi connectivity index (χ0n) is 12.1. The molecule has 2 heterocycles. The summed E-state index contributed by atoms with van der Waals surface area (Å²) in [6, 6.07) is 8.84. The number of hydrogen-bond acceptors (Lipinski definition) is 3. The minimum absolute atomic E-state index is 0.445. The van der Waals surface area contributed by atoms with Crippen molar-refractivity contribution in [1.82, 2.24) is 15.1 Å². The molecule has 0 bridgehead atoms. The molecule has 1 fully saturated rings. The molecule has 108 valence electrons. The smallest absolute Gasteiger partial charge is 0.0683 e. The van der Waals surface area contributed by atoms with Gasteiger partial charge in [0.15, 0.2) is 0 Å². The maximum atomic E-state index is 5.56. The third kappa shape index (κ3) is 2.86. The van der Waals surface area contributed by atoms with Crippen LogP contribution in [0.5, 0.6) is 0 Å². The van der Waals surface area contributed by atoms with E-state index in [0.717, 1.165) is 39.1 Å². The molecule has 0 amide bonds. The van der Waals surface area contributed by atoms with Crippen molar-refractivity contribution in [2.24, 2.45) is 5.92 Å². The maximum absolute atomic E-state index is 5.56. The first-order valence-electron chi connectivity index (χ1n) is 7.60. The van der Waals surface area contributed by atoms with Gasteiger partial charge in [0, 0.05) is 24.0 Å². The summed E-state index contributed by atoms with van der Waals surface area (Å²) >= 11 is 0. The van der Waals surface area contributed by atoms with Crippen LogP contribution in [0.25, 0.3) is 10.9 Å². The monoisotopic (exact) mass is 273 g/mol. The molecule has 0 saturated carbocycles. The first kappa shape index (κ1) is 13.6. The van der Waals surface area contributed by atoms with Gasteiger partial charge in [0.2, 0.25) is 0 Å². The van der Waals surface area contributed by atoms with E-state index in [0.29, 0.717) is 12.0 Å². The predicted octanol–water partition coefficient (Wildman–Crippen LogP) is 2.44. The van der Waals surface area contributed by atoms with Gasteiger partial charge in [0.25, 0.3) is 0 Å². The van der Waals surface area contributed by atoms with E-state index < -0.39 is 0 Å². The molecular weight excluding hydrogens is 250 g/mol. The SMILES string of the molecule is CCCNC(Cn1ncc2ccccc21)C1CCOC1. The molecule has 3 rings (SSSR count). The van der Waals surface area contributed by atoms with E-state index >= 15 is 0 Å². The topological polar surface area (TPSA) is 39.1 Å². The summed E-state index contributed by atoms with van der Waals surface area (Å²) in [6.07, 6.45) is 4.27. The van der Waals surface area contributed by atoms with Crippen LogP contribution in [0.4, 0.5) is 0 Å². The molecule has 2 aromatic rings. The quantitative estimate of drug-likeness (QED) is 0.878. The Morgan fingerprint density at radius 1 is 1.45 bits per heavy atom. The van der Waals surface area contributed by atoms with Crippen molar-refractivity contribution in [1.29, 1.82) is 0 Å². The van der Waals surface area contributed by atoms with Gasteiger partial charge in [0.1, 0.15) is 0 Å². The average molecular weight is 273 g/mol. The molecule has 1 N–H and O–H groups in total. The number of fused-ring (bicyclic) bond motifs is 1. The van der Waals surface area contributed by atoms with Gasteiger partial charge in [-0.1, -0.05) is 25.1 Å². The van der Waals surface area contributed by atoms with Gasteiger partial charge in [-0.2, -0.15) is 5.10 Å². The summed E-state index contributed by atoms with van der Waals surface area (Å²) in [6.45, 7) is 5.95. The maximum Gasteiger partial charge on any atom is 0.0683 e. The molecular formula is C16H23N3O. The fraction of sp³-hybridized carbons (Fsp3) is 0.562. The number of rotatable bonds is 6. The lowest BCUT2D eigenvalue weighted by atomic mass is 9.99. The summed E-state index contributed by atoms with van der Waals surface area (Å²) in [5.74, 6) is 0.601. The summed E-state index contributed by atoms with van der Waals surface area (Å²) in [5, 5.41) is 9.44. The number of benzene rings is 1. The fourth-order valence-corrected chi connectivity index (χ4v) is 2.94. The fourth-order valence-electron chi connectivity index (χ4n) is 2.94. The molecule has 1 saturated heterocycles. The summed E-state index contributed by atoms with van der Waals surface area (Å²) in [7, 11) is 0. The molecule has 1 aliphatic heterocycles. The van der Waals surface area contributed by atoms with E-state index in [4.69, 9.17) is 4.74 Å². The predicted molar refractivity (Wildman–Crippen MR) is 80.7 cm³/mol. The van der Waals surface area contributed by atoms with Crippen molar-refractivity contribution in [2.45, 2.75) is 32.4 Å². The summed E-state index contributed by atoms with van der Waals surface area (Å²) < 4.78 is 7.68. The van der Waals surface area contributed by atoms with E-state index in [1.807, 2.05) is 6.20 Å². The minimum Gasteiger partial charge on any atom is -0.381 e. The third-order valence-corrected chi connectivity index (χ3v) is 4.11. The molecule has 1 aliphatic rings. The zero-order valence-corrected chi connectivity index (χ0v) is 12.1. The number of nitrogens with one attached hydrogen (secondary N) is 1. The highest BCUT2D eigenvalue weighted by molar-refractivity contribution is 5.78. The van der Waals surface area contributed by atoms with Crippen LogP contribution in [0.15, 0.2) is 30.5 Å². The van der Waals surface area contributed by atoms with Crippen molar-refractivity contribution in [3.05, 3.63) is 30.5 Å². The van der Waals surface area contributed by atoms with Crippen molar-refractivity contribution >= 4 is 10.9 Å². The van der Waals surface area contributed by atoms with Gasteiger partial charge in [0.05, 0.1) is 24.9 Å². The van der Waals surface area contributed by atoms with Gasteiger partial charge in [-0.25, -0.2) is 0 Å². The van der Waals surface area contributed by atoms with Crippen LogP contribution >= 0.6 is 0 Å². The first-order valence-corrected chi connectivity index (χ1v) is 7.60. The largest absolute Gasteiger partial charge is 0.381 e. The Balaban J connectivity index is 1.77. The Bertz CT molecular complexity index is 545. The highest BCUT2D eigenvalue weighted by Crippen LogP contribution is 2.20. The lowest BCUT2D eigenvalue weighted by molar-refractivity contribution is 0.173. The minimum atomic E-state index is 0.445. The Labute approximate surface area is 120 Å². The Morgan fingerprint density at radius 2 is 2.35 bits per heavy atom. The normalized spacial score (nSPS) is 20.6. The molecule has 4 nitrogen and oxygen atoms in total. The molecule has 1 aromatic carbocycles. The molecule has 0 spiro atoms. The molecule has 1 aromatic heterocycles. The number of aromatic nitrogens is 2. The average Bonchev–Trinajstić information content (AvgIpc) is 3.13. The summed E-state index contributed by atoms with van der Waals surface area (Å²) in [4.78, 5) is 0. The van der Waals surface area contributed by atoms with Crippen LogP contribution in [0.3, 0.4) is 0 Å². The number of nitrogens with zero attached hydrogens (tertiary/aromatic N) is 2. The molecule has 0 aliphatic carbocycles. The molecule has 4 heteroatoms. The van der Waals surface area contributed by atoms with Crippen LogP contribution in [0.2, 0.25) is 0 Å². The Hall–Kier alpha value is -1.39. The second-order valence-electron chi connectivity index (χ2n) is 5.57. The highest BCUT2D eigenvalue weighted by atomic mass is 16.5. The molecule has 20 heavy (non-hydrogen) atoms. The van der Waals surface area contributed by atoms with E-state index in [-0.39, 0.29) is 0 Å². The standard InChI is InChI=1S/C16H23N3O/c1-2-8-17-15(14-7-9-20-12-14)11-19-16-6-4-3-5-13(16)10-18-19/h3-6,10,14-15,17H,2,7-9,11-12H2,1H3. The first-order chi connectivity index (χ1) is 9.88. The molecule has 2 unspecified atom stereocenters. The zero-order chi connectivity index (χ0) is 13.8. The van der Waals surface area contributed by atoms with Gasteiger partial charge in [-0.05, 0) is 25.5 Å².